The molecular weight excluding hydrogens is 242 g/mol. The summed E-state index contributed by atoms with van der Waals surface area (Å²) in [6.45, 7) is 7.73. The molecule has 0 saturated carbocycles. The van der Waals surface area contributed by atoms with Crippen molar-refractivity contribution in [3.05, 3.63) is 34.4 Å². The molecule has 0 saturated heterocycles. The summed E-state index contributed by atoms with van der Waals surface area (Å²) < 4.78 is 0. The van der Waals surface area contributed by atoms with E-state index in [1.54, 1.807) is 6.92 Å². The Labute approximate surface area is 113 Å². The fraction of sp³-hybridized carbons (Fsp3) is 0.467. The number of nitrogens with one attached hydrogen (secondary N) is 1. The Bertz CT molecular complexity index is 471. The fourth-order valence-electron chi connectivity index (χ4n) is 2.25. The minimum atomic E-state index is -0.875. The second kappa shape index (κ2) is 6.36. The molecule has 4 nitrogen and oxygen atoms in total. The minimum absolute atomic E-state index is 0.164. The summed E-state index contributed by atoms with van der Waals surface area (Å²) in [5, 5.41) is 11.7. The van der Waals surface area contributed by atoms with Crippen molar-refractivity contribution in [3.63, 3.8) is 0 Å². The van der Waals surface area contributed by atoms with Crippen molar-refractivity contribution in [1.82, 2.24) is 5.32 Å². The first-order valence-electron chi connectivity index (χ1n) is 6.45. The van der Waals surface area contributed by atoms with Gasteiger partial charge in [0.25, 0.3) is 5.91 Å². The van der Waals surface area contributed by atoms with Crippen LogP contribution in [-0.4, -0.2) is 23.5 Å². The van der Waals surface area contributed by atoms with Gasteiger partial charge < -0.3 is 10.4 Å². The van der Waals surface area contributed by atoms with Crippen LogP contribution in [0.2, 0.25) is 0 Å². The van der Waals surface area contributed by atoms with Crippen molar-refractivity contribution >= 4 is 11.9 Å². The molecule has 1 amide bonds. The molecule has 0 fully saturated rings. The lowest BCUT2D eigenvalue weighted by Gasteiger charge is -2.14. The Hall–Kier alpha value is -1.84. The first kappa shape index (κ1) is 15.2. The van der Waals surface area contributed by atoms with E-state index in [1.165, 1.54) is 0 Å². The first-order chi connectivity index (χ1) is 8.86. The molecule has 0 spiro atoms. The molecule has 2 N–H and O–H groups in total. The maximum absolute atomic E-state index is 12.1. The number of carbonyl (C=O) groups excluding carboxylic acids is 1. The van der Waals surface area contributed by atoms with Crippen LogP contribution in [0, 0.1) is 26.7 Å². The number of rotatable bonds is 5. The first-order valence-corrected chi connectivity index (χ1v) is 6.45. The van der Waals surface area contributed by atoms with Gasteiger partial charge in [0, 0.05) is 12.1 Å². The molecule has 19 heavy (non-hydrogen) atoms. The third kappa shape index (κ3) is 3.81. The molecule has 0 aliphatic rings. The molecule has 1 rings (SSSR count). The smallest absolute Gasteiger partial charge is 0.308 e. The van der Waals surface area contributed by atoms with Gasteiger partial charge in [0.2, 0.25) is 0 Å². The molecule has 0 heterocycles. The molecule has 1 unspecified atom stereocenters. The number of hydrogen-bond acceptors (Lipinski definition) is 2. The molecule has 104 valence electrons. The lowest BCUT2D eigenvalue weighted by Crippen LogP contribution is -2.33. The molecule has 0 radical (unpaired) electrons. The van der Waals surface area contributed by atoms with Gasteiger partial charge in [-0.25, -0.2) is 0 Å². The summed E-state index contributed by atoms with van der Waals surface area (Å²) in [6.07, 6.45) is 0.501. The van der Waals surface area contributed by atoms with E-state index in [0.717, 1.165) is 16.7 Å². The monoisotopic (exact) mass is 263 g/mol. The quantitative estimate of drug-likeness (QED) is 0.857. The van der Waals surface area contributed by atoms with Gasteiger partial charge in [0.1, 0.15) is 0 Å². The van der Waals surface area contributed by atoms with Crippen LogP contribution in [0.3, 0.4) is 0 Å². The predicted molar refractivity (Wildman–Crippen MR) is 74.4 cm³/mol. The summed E-state index contributed by atoms with van der Waals surface area (Å²) in [6, 6.07) is 3.91. The van der Waals surface area contributed by atoms with Crippen molar-refractivity contribution in [2.24, 2.45) is 5.92 Å². The lowest BCUT2D eigenvalue weighted by atomic mass is 9.99. The van der Waals surface area contributed by atoms with Crippen molar-refractivity contribution in [2.75, 3.05) is 6.54 Å². The van der Waals surface area contributed by atoms with Crippen LogP contribution in [0.4, 0.5) is 0 Å². The second-order valence-corrected chi connectivity index (χ2v) is 4.93. The molecular formula is C15H21NO3. The zero-order valence-corrected chi connectivity index (χ0v) is 11.9. The average molecular weight is 263 g/mol. The Morgan fingerprint density at radius 3 is 2.16 bits per heavy atom. The van der Waals surface area contributed by atoms with Crippen LogP contribution in [0.1, 0.15) is 40.4 Å². The molecule has 0 bridgehead atoms. The highest BCUT2D eigenvalue weighted by Gasteiger charge is 2.18. The third-order valence-electron chi connectivity index (χ3n) is 3.26. The summed E-state index contributed by atoms with van der Waals surface area (Å²) in [7, 11) is 0. The Kier molecular flexibility index (Phi) is 5.10. The SMILES string of the molecule is CCC(CNC(=O)c1c(C)cc(C)cc1C)C(=O)O. The standard InChI is InChI=1S/C15H21NO3/c1-5-12(15(18)19)8-16-14(17)13-10(3)6-9(2)7-11(13)4/h6-7,12H,5,8H2,1-4H3,(H,16,17)(H,18,19). The topological polar surface area (TPSA) is 66.4 Å². The minimum Gasteiger partial charge on any atom is -0.481 e. The number of amides is 1. The van der Waals surface area contributed by atoms with E-state index in [0.29, 0.717) is 12.0 Å². The number of aryl methyl sites for hydroxylation is 3. The number of carboxylic acid groups (broad SMARTS) is 1. The largest absolute Gasteiger partial charge is 0.481 e. The Balaban J connectivity index is 2.82. The molecule has 1 aromatic rings. The van der Waals surface area contributed by atoms with E-state index in [2.05, 4.69) is 5.32 Å². The van der Waals surface area contributed by atoms with E-state index in [-0.39, 0.29) is 12.5 Å². The van der Waals surface area contributed by atoms with Crippen LogP contribution in [0.5, 0.6) is 0 Å². The maximum Gasteiger partial charge on any atom is 0.308 e. The highest BCUT2D eigenvalue weighted by molar-refractivity contribution is 5.97. The van der Waals surface area contributed by atoms with Crippen molar-refractivity contribution in [2.45, 2.75) is 34.1 Å². The Morgan fingerprint density at radius 2 is 1.74 bits per heavy atom. The fourth-order valence-corrected chi connectivity index (χ4v) is 2.25. The van der Waals surface area contributed by atoms with Crippen LogP contribution in [-0.2, 0) is 4.79 Å². The van der Waals surface area contributed by atoms with E-state index < -0.39 is 11.9 Å². The highest BCUT2D eigenvalue weighted by atomic mass is 16.4. The van der Waals surface area contributed by atoms with Gasteiger partial charge in [-0.2, -0.15) is 0 Å². The number of carboxylic acids is 1. The number of aliphatic carboxylic acids is 1. The highest BCUT2D eigenvalue weighted by Crippen LogP contribution is 2.16. The Morgan fingerprint density at radius 1 is 1.21 bits per heavy atom. The van der Waals surface area contributed by atoms with Crippen LogP contribution < -0.4 is 5.32 Å². The second-order valence-electron chi connectivity index (χ2n) is 4.93. The lowest BCUT2D eigenvalue weighted by molar-refractivity contribution is -0.141. The van der Waals surface area contributed by atoms with Gasteiger partial charge in [-0.1, -0.05) is 24.6 Å². The van der Waals surface area contributed by atoms with E-state index >= 15 is 0 Å². The zero-order chi connectivity index (χ0) is 14.6. The van der Waals surface area contributed by atoms with Gasteiger partial charge in [-0.15, -0.1) is 0 Å². The van der Waals surface area contributed by atoms with Crippen molar-refractivity contribution < 1.29 is 14.7 Å². The normalized spacial score (nSPS) is 12.0. The van der Waals surface area contributed by atoms with Gasteiger partial charge in [-0.05, 0) is 38.3 Å². The molecule has 0 aromatic heterocycles. The summed E-state index contributed by atoms with van der Waals surface area (Å²) in [5.41, 5.74) is 3.59. The molecule has 0 aliphatic heterocycles. The number of carbonyl (C=O) groups is 2. The van der Waals surface area contributed by atoms with Gasteiger partial charge >= 0.3 is 5.97 Å². The maximum atomic E-state index is 12.1. The van der Waals surface area contributed by atoms with Crippen LogP contribution in [0.15, 0.2) is 12.1 Å². The molecule has 4 heteroatoms. The third-order valence-corrected chi connectivity index (χ3v) is 3.26. The van der Waals surface area contributed by atoms with Crippen LogP contribution in [0.25, 0.3) is 0 Å². The van der Waals surface area contributed by atoms with E-state index in [4.69, 9.17) is 5.11 Å². The average Bonchev–Trinajstić information content (AvgIpc) is 2.27. The van der Waals surface area contributed by atoms with Crippen molar-refractivity contribution in [1.29, 1.82) is 0 Å². The molecule has 0 aliphatic carbocycles. The zero-order valence-electron chi connectivity index (χ0n) is 11.9. The summed E-state index contributed by atoms with van der Waals surface area (Å²) in [4.78, 5) is 23.0. The summed E-state index contributed by atoms with van der Waals surface area (Å²) in [5.74, 6) is -1.61. The number of benzene rings is 1. The van der Waals surface area contributed by atoms with Crippen molar-refractivity contribution in [3.8, 4) is 0 Å². The van der Waals surface area contributed by atoms with Gasteiger partial charge in [0.15, 0.2) is 0 Å². The van der Waals surface area contributed by atoms with Gasteiger partial charge in [0.05, 0.1) is 5.92 Å². The molecule has 1 aromatic carbocycles. The summed E-state index contributed by atoms with van der Waals surface area (Å²) >= 11 is 0. The van der Waals surface area contributed by atoms with Crippen LogP contribution >= 0.6 is 0 Å². The van der Waals surface area contributed by atoms with E-state index in [1.807, 2.05) is 32.9 Å². The predicted octanol–water partition coefficient (Wildman–Crippen LogP) is 2.45. The molecule has 1 atom stereocenters. The van der Waals surface area contributed by atoms with E-state index in [9.17, 15) is 9.59 Å². The number of hydrogen-bond donors (Lipinski definition) is 2. The van der Waals surface area contributed by atoms with Gasteiger partial charge in [-0.3, -0.25) is 9.59 Å².